The molecule has 0 radical (unpaired) electrons. The highest BCUT2D eigenvalue weighted by Crippen LogP contribution is 2.71. The number of alkyl halides is 3. The number of nitrogens with two attached hydrogens (primary N) is 1. The first-order valence-electron chi connectivity index (χ1n) is 15.4. The quantitative estimate of drug-likeness (QED) is 0.246. The van der Waals surface area contributed by atoms with Crippen LogP contribution in [0.2, 0.25) is 0 Å². The highest BCUT2D eigenvalue weighted by molar-refractivity contribution is 5.95. The van der Waals surface area contributed by atoms with Gasteiger partial charge in [-0.05, 0) is 77.5 Å². The average molecular weight is 657 g/mol. The number of nitrogens with zero attached hydrogens (tertiary/aromatic N) is 3. The van der Waals surface area contributed by atoms with Crippen LogP contribution in [-0.4, -0.2) is 46.2 Å². The van der Waals surface area contributed by atoms with Crippen molar-refractivity contribution in [2.24, 2.45) is 33.5 Å². The molecule has 2 aliphatic carbocycles. The van der Waals surface area contributed by atoms with E-state index in [1.54, 1.807) is 12.1 Å². The molecule has 0 saturated heterocycles. The molecule has 3 aromatic rings. The van der Waals surface area contributed by atoms with Crippen molar-refractivity contribution in [1.82, 2.24) is 9.99 Å². The third-order valence-corrected chi connectivity index (χ3v) is 10.9. The predicted octanol–water partition coefficient (Wildman–Crippen LogP) is 7.23. The Morgan fingerprint density at radius 1 is 1.04 bits per heavy atom. The van der Waals surface area contributed by atoms with Crippen LogP contribution in [-0.2, 0) is 11.2 Å². The van der Waals surface area contributed by atoms with Crippen molar-refractivity contribution in [3.8, 4) is 11.1 Å². The summed E-state index contributed by atoms with van der Waals surface area (Å²) in [4.78, 5) is 30.3. The number of pyridine rings is 1. The van der Waals surface area contributed by atoms with E-state index < -0.39 is 76.3 Å². The van der Waals surface area contributed by atoms with E-state index in [-0.39, 0.29) is 29.9 Å². The minimum absolute atomic E-state index is 0.0513. The van der Waals surface area contributed by atoms with Gasteiger partial charge in [0.25, 0.3) is 5.91 Å². The number of primary amides is 1. The maximum atomic E-state index is 14.3. The predicted molar refractivity (Wildman–Crippen MR) is 163 cm³/mol. The largest absolute Gasteiger partial charge is 0.431 e. The molecule has 1 amide bonds. The summed E-state index contributed by atoms with van der Waals surface area (Å²) in [6.45, 7) is 5.58. The zero-order chi connectivity index (χ0) is 34.1. The van der Waals surface area contributed by atoms with Gasteiger partial charge in [0.2, 0.25) is 0 Å². The second-order valence-electron chi connectivity index (χ2n) is 13.8. The first-order valence-corrected chi connectivity index (χ1v) is 15.4. The Morgan fingerprint density at radius 2 is 1.74 bits per heavy atom. The smallest absolute Gasteiger partial charge is 0.366 e. The van der Waals surface area contributed by atoms with Gasteiger partial charge in [-0.15, -0.1) is 0 Å². The zero-order valence-corrected chi connectivity index (χ0v) is 26.0. The van der Waals surface area contributed by atoms with Crippen molar-refractivity contribution in [2.45, 2.75) is 64.6 Å². The Bertz CT molecular complexity index is 1770. The van der Waals surface area contributed by atoms with Gasteiger partial charge in [0.1, 0.15) is 23.2 Å². The molecule has 2 fully saturated rings. The van der Waals surface area contributed by atoms with Gasteiger partial charge in [0.15, 0.2) is 5.78 Å². The zero-order valence-electron chi connectivity index (χ0n) is 26.0. The van der Waals surface area contributed by atoms with Gasteiger partial charge < -0.3 is 5.73 Å². The fraction of sp³-hybridized carbons (Fsp3) is 0.429. The molecule has 2 bridgehead atoms. The van der Waals surface area contributed by atoms with E-state index in [1.165, 1.54) is 23.3 Å². The molecule has 248 valence electrons. The molecule has 4 unspecified atom stereocenters. The van der Waals surface area contributed by atoms with Gasteiger partial charge in [-0.1, -0.05) is 32.9 Å². The molecule has 0 spiro atoms. The molecule has 1 aromatic heterocycles. The maximum Gasteiger partial charge on any atom is 0.431 e. The lowest BCUT2D eigenvalue weighted by Gasteiger charge is -2.42. The number of fused-ring (bicyclic) bond motifs is 5. The van der Waals surface area contributed by atoms with Crippen molar-refractivity contribution in [3.63, 3.8) is 0 Å². The van der Waals surface area contributed by atoms with Crippen molar-refractivity contribution >= 4 is 17.4 Å². The number of aromatic nitrogens is 1. The number of rotatable bonds is 9. The van der Waals surface area contributed by atoms with Gasteiger partial charge in [0, 0.05) is 36.1 Å². The average Bonchev–Trinajstić information content (AvgIpc) is 3.52. The van der Waals surface area contributed by atoms with E-state index in [0.717, 1.165) is 24.3 Å². The SMILES string of the molecule is CC1(C)C2CCC1(C)C1C2C(C(F)(F)F)=NN1CC(=O)C[C@@H](Cc1cc(F)cc(F)c1)c1ncccc1-c1ccc(F)c(C(N)=O)c1. The number of hydrogen-bond donors (Lipinski definition) is 1. The van der Waals surface area contributed by atoms with Crippen LogP contribution in [0.25, 0.3) is 11.1 Å². The maximum absolute atomic E-state index is 14.3. The monoisotopic (exact) mass is 656 g/mol. The normalized spacial score (nSPS) is 25.1. The fourth-order valence-corrected chi connectivity index (χ4v) is 8.50. The molecule has 6 rings (SSSR count). The van der Waals surface area contributed by atoms with Crippen molar-refractivity contribution in [3.05, 3.63) is 89.0 Å². The van der Waals surface area contributed by atoms with Gasteiger partial charge in [-0.2, -0.15) is 18.3 Å². The third kappa shape index (κ3) is 5.59. The molecule has 3 aliphatic rings. The number of ketones is 1. The summed E-state index contributed by atoms with van der Waals surface area (Å²) >= 11 is 0. The van der Waals surface area contributed by atoms with Gasteiger partial charge in [-0.3, -0.25) is 19.6 Å². The highest BCUT2D eigenvalue weighted by Gasteiger charge is 2.72. The summed E-state index contributed by atoms with van der Waals surface area (Å²) in [7, 11) is 0. The van der Waals surface area contributed by atoms with E-state index in [0.29, 0.717) is 29.7 Å². The summed E-state index contributed by atoms with van der Waals surface area (Å²) < 4.78 is 85.7. The first-order chi connectivity index (χ1) is 22.0. The Kier molecular flexibility index (Phi) is 7.99. The number of hydrazone groups is 1. The summed E-state index contributed by atoms with van der Waals surface area (Å²) in [5, 5.41) is 5.35. The number of carbonyl (C=O) groups is 2. The van der Waals surface area contributed by atoms with Crippen LogP contribution in [0.15, 0.2) is 59.8 Å². The topological polar surface area (TPSA) is 88.7 Å². The molecule has 6 nitrogen and oxygen atoms in total. The van der Waals surface area contributed by atoms with E-state index in [2.05, 4.69) is 10.1 Å². The number of benzene rings is 2. The van der Waals surface area contributed by atoms with Crippen molar-refractivity contribution < 1.29 is 35.9 Å². The lowest BCUT2D eigenvalue weighted by molar-refractivity contribution is -0.122. The summed E-state index contributed by atoms with van der Waals surface area (Å²) in [5.41, 5.74) is 4.58. The minimum Gasteiger partial charge on any atom is -0.366 e. The molecule has 2 N–H and O–H groups in total. The van der Waals surface area contributed by atoms with Crippen LogP contribution in [0.4, 0.5) is 26.3 Å². The van der Waals surface area contributed by atoms with Gasteiger partial charge in [-0.25, -0.2) is 13.2 Å². The fourth-order valence-electron chi connectivity index (χ4n) is 8.50. The van der Waals surface area contributed by atoms with E-state index >= 15 is 0 Å². The standard InChI is InChI=1S/C35H34F6N4O2/c1-33(2)26-8-9-34(33,3)31-28(26)30(35(39,40)41)44-45(31)17-23(46)14-20(11-18-12-21(36)16-22(37)13-18)29-24(5-4-10-43-29)19-6-7-27(38)25(15-19)32(42)47/h4-7,10,12-13,15-16,20,26,28,31H,8-9,11,14,17H2,1-3H3,(H2,42,47)/t20-,26?,28?,31?,34?/m1/s1. The lowest BCUT2D eigenvalue weighted by atomic mass is 9.69. The summed E-state index contributed by atoms with van der Waals surface area (Å²) in [6, 6.07) is 9.37. The Morgan fingerprint density at radius 3 is 2.40 bits per heavy atom. The molecular formula is C35H34F6N4O2. The molecule has 12 heteroatoms. The number of halogens is 6. The second kappa shape index (κ2) is 11.5. The molecule has 2 aromatic carbocycles. The lowest BCUT2D eigenvalue weighted by Crippen LogP contribution is -2.47. The number of amides is 1. The molecule has 2 heterocycles. The van der Waals surface area contributed by atoms with Crippen LogP contribution in [0.3, 0.4) is 0 Å². The molecule has 2 saturated carbocycles. The Balaban J connectivity index is 1.36. The van der Waals surface area contributed by atoms with E-state index in [4.69, 9.17) is 5.73 Å². The van der Waals surface area contributed by atoms with Crippen molar-refractivity contribution in [2.75, 3.05) is 6.54 Å². The Labute approximate surface area is 268 Å². The molecule has 5 atom stereocenters. The second-order valence-corrected chi connectivity index (χ2v) is 13.8. The van der Waals surface area contributed by atoms with Gasteiger partial charge >= 0.3 is 6.18 Å². The van der Waals surface area contributed by atoms with Crippen molar-refractivity contribution in [1.29, 1.82) is 0 Å². The van der Waals surface area contributed by atoms with E-state index in [9.17, 15) is 35.9 Å². The molecular weight excluding hydrogens is 622 g/mol. The third-order valence-electron chi connectivity index (χ3n) is 10.9. The summed E-state index contributed by atoms with van der Waals surface area (Å²) in [5.74, 6) is -5.77. The first kappa shape index (κ1) is 32.7. The Hall–Kier alpha value is -4.22. The van der Waals surface area contributed by atoms with Crippen LogP contribution < -0.4 is 5.73 Å². The number of Topliss-reactive ketones (excluding diaryl/α,β-unsaturated/α-hetero) is 1. The number of carbonyl (C=O) groups excluding carboxylic acids is 2. The van der Waals surface area contributed by atoms with E-state index in [1.807, 2.05) is 20.8 Å². The van der Waals surface area contributed by atoms with Crippen LogP contribution >= 0.6 is 0 Å². The minimum atomic E-state index is -4.65. The summed E-state index contributed by atoms with van der Waals surface area (Å²) in [6.07, 6.45) is -2.12. The highest BCUT2D eigenvalue weighted by atomic mass is 19.4. The molecule has 1 aliphatic heterocycles. The number of hydrogen-bond acceptors (Lipinski definition) is 5. The van der Waals surface area contributed by atoms with Crippen LogP contribution in [0.1, 0.15) is 67.6 Å². The van der Waals surface area contributed by atoms with Crippen LogP contribution in [0, 0.1) is 40.1 Å². The van der Waals surface area contributed by atoms with Crippen LogP contribution in [0.5, 0.6) is 0 Å². The molecule has 47 heavy (non-hydrogen) atoms. The van der Waals surface area contributed by atoms with Gasteiger partial charge in [0.05, 0.1) is 23.8 Å².